The van der Waals surface area contributed by atoms with Gasteiger partial charge in [0.1, 0.15) is 10.9 Å². The number of benzene rings is 8. The molecule has 0 saturated carbocycles. The summed E-state index contributed by atoms with van der Waals surface area (Å²) in [5, 5.41) is 13.9. The number of fused-ring (bicyclic) bond motifs is 15. The van der Waals surface area contributed by atoms with E-state index in [1.807, 2.05) is 72.8 Å². The Morgan fingerprint density at radius 2 is 0.836 bits per heavy atom. The van der Waals surface area contributed by atoms with Gasteiger partial charge in [-0.3, -0.25) is 9.97 Å². The Morgan fingerprint density at radius 3 is 1.41 bits per heavy atom. The zero-order valence-corrected chi connectivity index (χ0v) is 33.5. The number of nitrogens with zero attached hydrogens (tertiary/aromatic N) is 5. The van der Waals surface area contributed by atoms with E-state index in [9.17, 15) is 0 Å². The number of rotatable bonds is 4. The number of hydrogen-bond acceptors (Lipinski definition) is 5. The maximum absolute atomic E-state index is 16.8. The summed E-state index contributed by atoms with van der Waals surface area (Å²) >= 11 is 0. The average Bonchev–Trinajstić information content (AvgIpc) is 3.65. The fourth-order valence-electron chi connectivity index (χ4n) is 9.61. The molecule has 0 spiro atoms. The summed E-state index contributed by atoms with van der Waals surface area (Å²) in [5.74, 6) is 0. The van der Waals surface area contributed by atoms with Crippen LogP contribution in [-0.4, -0.2) is 24.5 Å². The fraction of sp³-hybridized carbons (Fsp3) is 0. The van der Waals surface area contributed by atoms with Gasteiger partial charge >= 0.3 is 0 Å². The first-order chi connectivity index (χ1) is 30.1. The second kappa shape index (κ2) is 12.9. The van der Waals surface area contributed by atoms with Gasteiger partial charge < -0.3 is 9.13 Å². The lowest BCUT2D eigenvalue weighted by molar-refractivity contribution is 0.591. The van der Waals surface area contributed by atoms with Gasteiger partial charge in [0.2, 0.25) is 7.14 Å². The lowest BCUT2D eigenvalue weighted by Crippen LogP contribution is -2.29. The van der Waals surface area contributed by atoms with Gasteiger partial charge in [0.05, 0.1) is 33.1 Å². The van der Waals surface area contributed by atoms with Gasteiger partial charge in [-0.25, -0.2) is 9.97 Å². The fourth-order valence-corrected chi connectivity index (χ4v) is 12.0. The largest absolute Gasteiger partial charge is 0.309 e. The SMILES string of the molecule is O=P(c1ccc2c3cc4c5ccccc5c5ccccc5c4cc3n(-c3ccccc3)c2c1)(c1ccc2ccc3cccnc3c2n1)c1ccc2ccc3cccnc3c2n1. The normalized spacial score (nSPS) is 12.3. The summed E-state index contributed by atoms with van der Waals surface area (Å²) in [6, 6.07) is 62.8. The molecule has 0 N–H and O–H groups in total. The van der Waals surface area contributed by atoms with Crippen LogP contribution in [0.15, 0.2) is 194 Å². The smallest absolute Gasteiger partial charge is 0.206 e. The second-order valence-electron chi connectivity index (χ2n) is 15.8. The Balaban J connectivity index is 1.15. The van der Waals surface area contributed by atoms with Crippen molar-refractivity contribution in [2.75, 3.05) is 0 Å². The molecule has 0 atom stereocenters. The molecule has 5 heterocycles. The summed E-state index contributed by atoms with van der Waals surface area (Å²) in [4.78, 5) is 20.1. The number of hydrogen-bond donors (Lipinski definition) is 0. The minimum absolute atomic E-state index is 0.448. The molecule has 0 aliphatic heterocycles. The highest BCUT2D eigenvalue weighted by Crippen LogP contribution is 2.46. The van der Waals surface area contributed by atoms with Crippen LogP contribution in [0.2, 0.25) is 0 Å². The van der Waals surface area contributed by atoms with Gasteiger partial charge in [-0.1, -0.05) is 121 Å². The predicted molar refractivity (Wildman–Crippen MR) is 254 cm³/mol. The van der Waals surface area contributed by atoms with Crippen molar-refractivity contribution in [1.29, 1.82) is 0 Å². The summed E-state index contributed by atoms with van der Waals surface area (Å²) in [6.07, 6.45) is 3.56. The molecule has 0 radical (unpaired) electrons. The average molecular weight is 798 g/mol. The molecule has 61 heavy (non-hydrogen) atoms. The van der Waals surface area contributed by atoms with E-state index in [0.29, 0.717) is 27.2 Å². The molecule has 0 fully saturated rings. The van der Waals surface area contributed by atoms with Crippen LogP contribution in [0.1, 0.15) is 0 Å². The number of para-hydroxylation sites is 1. The van der Waals surface area contributed by atoms with Crippen LogP contribution in [0.25, 0.3) is 103 Å². The Hall–Kier alpha value is -7.79. The topological polar surface area (TPSA) is 73.6 Å². The van der Waals surface area contributed by atoms with Crippen LogP contribution in [0.3, 0.4) is 0 Å². The van der Waals surface area contributed by atoms with Gasteiger partial charge in [0, 0.05) is 55.7 Å². The third-order valence-electron chi connectivity index (χ3n) is 12.5. The highest BCUT2D eigenvalue weighted by Gasteiger charge is 2.35. The van der Waals surface area contributed by atoms with Crippen LogP contribution >= 0.6 is 7.14 Å². The van der Waals surface area contributed by atoms with E-state index in [2.05, 4.69) is 114 Å². The van der Waals surface area contributed by atoms with Gasteiger partial charge in [-0.2, -0.15) is 0 Å². The van der Waals surface area contributed by atoms with Crippen molar-refractivity contribution in [3.8, 4) is 5.69 Å². The van der Waals surface area contributed by atoms with Gasteiger partial charge in [0.25, 0.3) is 0 Å². The highest BCUT2D eigenvalue weighted by molar-refractivity contribution is 7.85. The molecule has 13 aromatic rings. The highest BCUT2D eigenvalue weighted by atomic mass is 31.2. The van der Waals surface area contributed by atoms with Crippen LogP contribution in [-0.2, 0) is 4.57 Å². The van der Waals surface area contributed by atoms with Crippen molar-refractivity contribution < 1.29 is 4.57 Å². The Morgan fingerprint density at radius 1 is 0.361 bits per heavy atom. The van der Waals surface area contributed by atoms with Gasteiger partial charge in [-0.15, -0.1) is 0 Å². The molecule has 5 aromatic heterocycles. The van der Waals surface area contributed by atoms with E-state index in [0.717, 1.165) is 60.1 Å². The minimum Gasteiger partial charge on any atom is -0.309 e. The molecule has 6 nitrogen and oxygen atoms in total. The minimum atomic E-state index is -3.80. The second-order valence-corrected chi connectivity index (χ2v) is 18.4. The predicted octanol–water partition coefficient (Wildman–Crippen LogP) is 12.1. The van der Waals surface area contributed by atoms with Crippen molar-refractivity contribution in [3.63, 3.8) is 0 Å². The van der Waals surface area contributed by atoms with Gasteiger partial charge in [0.15, 0.2) is 0 Å². The van der Waals surface area contributed by atoms with E-state index >= 15 is 4.57 Å². The molecule has 0 unspecified atom stereocenters. The van der Waals surface area contributed by atoms with Crippen molar-refractivity contribution >= 4 is 121 Å². The van der Waals surface area contributed by atoms with E-state index in [1.54, 1.807) is 12.4 Å². The van der Waals surface area contributed by atoms with Crippen molar-refractivity contribution in [1.82, 2.24) is 24.5 Å². The van der Waals surface area contributed by atoms with E-state index in [-0.39, 0.29) is 0 Å². The Labute approximate surface area is 348 Å². The van der Waals surface area contributed by atoms with Crippen LogP contribution in [0.5, 0.6) is 0 Å². The summed E-state index contributed by atoms with van der Waals surface area (Å²) in [5.41, 5.74) is 6.87. The van der Waals surface area contributed by atoms with Crippen LogP contribution in [0, 0.1) is 0 Å². The third-order valence-corrected chi connectivity index (χ3v) is 15.3. The maximum atomic E-state index is 16.8. The first-order valence-corrected chi connectivity index (χ1v) is 22.1. The standard InChI is InChI=1S/C54H32N5OP/c60-61(49-26-22-35-20-18-33-10-8-28-55-51(33)53(35)57-49,50-27-23-36-21-19-34-11-9-29-56-52(34)54(36)58-50)38-24-25-43-46-31-44-41-16-6-4-14-39(41)40-15-5-7-17-42(40)45(44)32-48(46)59(47(43)30-38)37-12-2-1-3-13-37/h1-32H. The van der Waals surface area contributed by atoms with E-state index in [4.69, 9.17) is 19.9 Å². The van der Waals surface area contributed by atoms with E-state index < -0.39 is 7.14 Å². The van der Waals surface area contributed by atoms with Crippen LogP contribution < -0.4 is 16.2 Å². The third kappa shape index (κ3) is 4.94. The zero-order valence-electron chi connectivity index (χ0n) is 32.6. The molecular formula is C54H32N5OP. The lowest BCUT2D eigenvalue weighted by Gasteiger charge is -2.20. The zero-order chi connectivity index (χ0) is 40.2. The van der Waals surface area contributed by atoms with Crippen molar-refractivity contribution in [2.24, 2.45) is 0 Å². The van der Waals surface area contributed by atoms with Gasteiger partial charge in [-0.05, 0) is 93.0 Å². The Kier molecular flexibility index (Phi) is 7.19. The summed E-state index contributed by atoms with van der Waals surface area (Å²) in [6.45, 7) is 0. The molecular weight excluding hydrogens is 766 g/mol. The molecule has 7 heteroatoms. The summed E-state index contributed by atoms with van der Waals surface area (Å²) < 4.78 is 19.1. The maximum Gasteiger partial charge on any atom is 0.206 e. The molecule has 0 aliphatic rings. The van der Waals surface area contributed by atoms with Crippen molar-refractivity contribution in [2.45, 2.75) is 0 Å². The molecule has 0 bridgehead atoms. The molecule has 0 saturated heterocycles. The summed E-state index contributed by atoms with van der Waals surface area (Å²) in [7, 11) is -3.80. The molecule has 13 rings (SSSR count). The monoisotopic (exact) mass is 797 g/mol. The van der Waals surface area contributed by atoms with E-state index in [1.165, 1.54) is 32.3 Å². The van der Waals surface area contributed by atoms with Crippen LogP contribution in [0.4, 0.5) is 0 Å². The first-order valence-electron chi connectivity index (χ1n) is 20.4. The molecule has 0 aliphatic carbocycles. The number of aromatic nitrogens is 5. The molecule has 8 aromatic carbocycles. The van der Waals surface area contributed by atoms with Crippen molar-refractivity contribution in [3.05, 3.63) is 194 Å². The lowest BCUT2D eigenvalue weighted by atomic mass is 9.93. The molecule has 0 amide bonds. The Bertz CT molecular complexity index is 3930. The number of pyridine rings is 4. The first kappa shape index (κ1) is 34.1. The molecule has 284 valence electrons. The quantitative estimate of drug-likeness (QED) is 0.131.